The van der Waals surface area contributed by atoms with Crippen LogP contribution < -0.4 is 20.3 Å². The average molecular weight is 630 g/mol. The number of pyridine rings is 1. The number of carbonyl (C=O) groups is 3. The van der Waals surface area contributed by atoms with Crippen molar-refractivity contribution in [3.8, 4) is 11.5 Å². The summed E-state index contributed by atoms with van der Waals surface area (Å²) in [6, 6.07) is 15.9. The van der Waals surface area contributed by atoms with Gasteiger partial charge in [0, 0.05) is 57.3 Å². The van der Waals surface area contributed by atoms with Crippen LogP contribution in [0, 0.1) is 20.8 Å². The van der Waals surface area contributed by atoms with E-state index in [-0.39, 0.29) is 6.54 Å². The molecule has 1 aromatic heterocycles. The fourth-order valence-corrected chi connectivity index (χ4v) is 4.69. The van der Waals surface area contributed by atoms with Crippen molar-refractivity contribution < 1.29 is 37.4 Å². The molecule has 4 rings (SSSR count). The zero-order valence-electron chi connectivity index (χ0n) is 25.5. The summed E-state index contributed by atoms with van der Waals surface area (Å²) in [7, 11) is 0. The Kier molecular flexibility index (Phi) is 12.7. The second-order valence-corrected chi connectivity index (χ2v) is 10.7. The number of hydrogen-bond donors (Lipinski definition) is 3. The summed E-state index contributed by atoms with van der Waals surface area (Å²) in [5.41, 5.74) is 5.36. The number of alkyl halides is 3. The van der Waals surface area contributed by atoms with Crippen LogP contribution in [0.3, 0.4) is 0 Å². The molecule has 0 bridgehead atoms. The summed E-state index contributed by atoms with van der Waals surface area (Å²) in [6.07, 6.45) is -0.642. The van der Waals surface area contributed by atoms with E-state index in [1.54, 1.807) is 0 Å². The highest BCUT2D eigenvalue weighted by Crippen LogP contribution is 2.27. The van der Waals surface area contributed by atoms with E-state index in [0.717, 1.165) is 72.9 Å². The Balaban J connectivity index is 0.000000707. The second kappa shape index (κ2) is 16.4. The van der Waals surface area contributed by atoms with Crippen molar-refractivity contribution in [2.24, 2.45) is 0 Å². The molecule has 0 unspecified atom stereocenters. The first-order valence-electron chi connectivity index (χ1n) is 14.4. The van der Waals surface area contributed by atoms with Gasteiger partial charge in [-0.2, -0.15) is 13.2 Å². The van der Waals surface area contributed by atoms with Crippen molar-refractivity contribution in [1.29, 1.82) is 0 Å². The molecule has 0 atom stereocenters. The Bertz CT molecular complexity index is 1420. The van der Waals surface area contributed by atoms with Gasteiger partial charge in [-0.1, -0.05) is 18.2 Å². The first-order valence-corrected chi connectivity index (χ1v) is 14.4. The normalized spacial score (nSPS) is 13.3. The van der Waals surface area contributed by atoms with Crippen molar-refractivity contribution in [3.63, 3.8) is 0 Å². The van der Waals surface area contributed by atoms with Crippen LogP contribution in [0.5, 0.6) is 11.5 Å². The lowest BCUT2D eigenvalue weighted by Crippen LogP contribution is -2.47. The molecule has 3 aromatic rings. The maximum absolute atomic E-state index is 12.3. The predicted molar refractivity (Wildman–Crippen MR) is 163 cm³/mol. The SMILES string of the molecule is Cc1cc(C)cc(Oc2ccc(CNC(=O)C(=O)NCCCN3CCN(c4ccncc4)CC3)cc2C)c1.O=C(O)C(F)(F)F. The number of anilines is 1. The summed E-state index contributed by atoms with van der Waals surface area (Å²) in [5.74, 6) is -2.41. The number of hydrogen-bond acceptors (Lipinski definition) is 7. The molecule has 242 valence electrons. The third-order valence-corrected chi connectivity index (χ3v) is 6.90. The van der Waals surface area contributed by atoms with E-state index < -0.39 is 24.0 Å². The summed E-state index contributed by atoms with van der Waals surface area (Å²) < 4.78 is 37.8. The molecule has 1 fully saturated rings. The smallest absolute Gasteiger partial charge is 0.475 e. The lowest BCUT2D eigenvalue weighted by atomic mass is 10.1. The Hall–Kier alpha value is -4.65. The molecule has 0 spiro atoms. The predicted octanol–water partition coefficient (Wildman–Crippen LogP) is 4.38. The Morgan fingerprint density at radius 3 is 2.07 bits per heavy atom. The van der Waals surface area contributed by atoms with Crippen LogP contribution in [0.2, 0.25) is 0 Å². The minimum Gasteiger partial charge on any atom is -0.475 e. The molecule has 0 aliphatic carbocycles. The zero-order chi connectivity index (χ0) is 33.0. The fourth-order valence-electron chi connectivity index (χ4n) is 4.69. The molecule has 1 aliphatic heterocycles. The number of nitrogens with zero attached hydrogens (tertiary/aromatic N) is 3. The first-order chi connectivity index (χ1) is 21.3. The van der Waals surface area contributed by atoms with Crippen LogP contribution in [0.15, 0.2) is 60.9 Å². The Labute approximate surface area is 260 Å². The molecule has 0 radical (unpaired) electrons. The fraction of sp³-hybridized carbons (Fsp3) is 0.375. The number of carboxylic acids is 1. The van der Waals surface area contributed by atoms with Crippen molar-refractivity contribution in [3.05, 3.63) is 83.2 Å². The number of aliphatic carboxylic acids is 1. The summed E-state index contributed by atoms with van der Waals surface area (Å²) >= 11 is 0. The third kappa shape index (κ3) is 11.8. The van der Waals surface area contributed by atoms with Gasteiger partial charge in [-0.25, -0.2) is 4.79 Å². The van der Waals surface area contributed by atoms with Crippen molar-refractivity contribution in [2.45, 2.75) is 39.9 Å². The van der Waals surface area contributed by atoms with Gasteiger partial charge in [-0.15, -0.1) is 0 Å². The minimum absolute atomic E-state index is 0.276. The topological polar surface area (TPSA) is 124 Å². The number of benzene rings is 2. The number of carbonyl (C=O) groups excluding carboxylic acids is 2. The lowest BCUT2D eigenvalue weighted by molar-refractivity contribution is -0.192. The number of halogens is 3. The lowest BCUT2D eigenvalue weighted by Gasteiger charge is -2.36. The van der Waals surface area contributed by atoms with Gasteiger partial charge in [0.1, 0.15) is 11.5 Å². The van der Waals surface area contributed by atoms with E-state index in [2.05, 4.69) is 31.5 Å². The largest absolute Gasteiger partial charge is 0.490 e. The van der Waals surface area contributed by atoms with Crippen LogP contribution >= 0.6 is 0 Å². The third-order valence-electron chi connectivity index (χ3n) is 6.90. The highest BCUT2D eigenvalue weighted by Gasteiger charge is 2.38. The number of amides is 2. The van der Waals surface area contributed by atoms with Crippen LogP contribution in [-0.4, -0.2) is 78.2 Å². The summed E-state index contributed by atoms with van der Waals surface area (Å²) in [5, 5.41) is 12.6. The van der Waals surface area contributed by atoms with Crippen molar-refractivity contribution >= 4 is 23.5 Å². The van der Waals surface area contributed by atoms with Crippen LogP contribution in [0.25, 0.3) is 0 Å². The Morgan fingerprint density at radius 2 is 1.49 bits per heavy atom. The van der Waals surface area contributed by atoms with Gasteiger partial charge in [-0.3, -0.25) is 19.5 Å². The van der Waals surface area contributed by atoms with E-state index in [1.165, 1.54) is 5.69 Å². The number of rotatable bonds is 9. The van der Waals surface area contributed by atoms with Gasteiger partial charge in [0.25, 0.3) is 0 Å². The van der Waals surface area contributed by atoms with Gasteiger partial charge < -0.3 is 25.4 Å². The molecule has 2 heterocycles. The van der Waals surface area contributed by atoms with Gasteiger partial charge in [-0.05, 0) is 86.3 Å². The van der Waals surface area contributed by atoms with Gasteiger partial charge in [0.05, 0.1) is 0 Å². The highest BCUT2D eigenvalue weighted by molar-refractivity contribution is 6.35. The molecular formula is C32H38F3N5O5. The van der Waals surface area contributed by atoms with Crippen LogP contribution in [0.1, 0.15) is 28.7 Å². The zero-order valence-corrected chi connectivity index (χ0v) is 25.5. The first kappa shape index (κ1) is 34.8. The molecule has 2 amide bonds. The quantitative estimate of drug-likeness (QED) is 0.236. The van der Waals surface area contributed by atoms with Gasteiger partial charge in [0.15, 0.2) is 0 Å². The number of carboxylic acid groups (broad SMARTS) is 1. The van der Waals surface area contributed by atoms with Crippen molar-refractivity contribution in [2.75, 3.05) is 44.2 Å². The number of ether oxygens (including phenoxy) is 1. The van der Waals surface area contributed by atoms with E-state index in [1.807, 2.05) is 75.6 Å². The number of nitrogens with one attached hydrogen (secondary N) is 2. The summed E-state index contributed by atoms with van der Waals surface area (Å²) in [4.78, 5) is 42.2. The molecule has 10 nitrogen and oxygen atoms in total. The maximum Gasteiger partial charge on any atom is 0.490 e. The maximum atomic E-state index is 12.3. The number of piperazine rings is 1. The molecular weight excluding hydrogens is 591 g/mol. The van der Waals surface area contributed by atoms with Gasteiger partial charge >= 0.3 is 24.0 Å². The molecule has 45 heavy (non-hydrogen) atoms. The minimum atomic E-state index is -5.08. The molecule has 1 saturated heterocycles. The molecule has 3 N–H and O–H groups in total. The van der Waals surface area contributed by atoms with Crippen molar-refractivity contribution in [1.82, 2.24) is 20.5 Å². The van der Waals surface area contributed by atoms with Crippen LogP contribution in [0.4, 0.5) is 18.9 Å². The molecule has 13 heteroatoms. The average Bonchev–Trinajstić information content (AvgIpc) is 2.99. The van der Waals surface area contributed by atoms with E-state index >= 15 is 0 Å². The van der Waals surface area contributed by atoms with Gasteiger partial charge in [0.2, 0.25) is 0 Å². The number of aromatic nitrogens is 1. The second-order valence-electron chi connectivity index (χ2n) is 10.7. The van der Waals surface area contributed by atoms with E-state index in [9.17, 15) is 22.8 Å². The Morgan fingerprint density at radius 1 is 0.889 bits per heavy atom. The number of aryl methyl sites for hydroxylation is 3. The molecule has 1 aliphatic rings. The van der Waals surface area contributed by atoms with E-state index in [4.69, 9.17) is 14.6 Å². The monoisotopic (exact) mass is 629 g/mol. The van der Waals surface area contributed by atoms with Crippen LogP contribution in [-0.2, 0) is 20.9 Å². The molecule has 0 saturated carbocycles. The summed E-state index contributed by atoms with van der Waals surface area (Å²) in [6.45, 7) is 11.6. The molecule has 2 aromatic carbocycles. The highest BCUT2D eigenvalue weighted by atomic mass is 19.4. The van der Waals surface area contributed by atoms with E-state index in [0.29, 0.717) is 6.54 Å². The standard InChI is InChI=1S/C30H37N5O3.C2HF3O2/c1-22-17-23(2)19-27(18-22)38-28-6-5-25(20-24(28)3)21-33-30(37)29(36)32-9-4-12-34-13-15-35(16-14-34)26-7-10-31-11-8-26;3-2(4,5)1(6)7/h5-8,10-11,17-20H,4,9,12-16,21H2,1-3H3,(H,32,36)(H,33,37);(H,6,7).